The zero-order chi connectivity index (χ0) is 56.2. The summed E-state index contributed by atoms with van der Waals surface area (Å²) in [6.07, 6.45) is 2.21. The van der Waals surface area contributed by atoms with E-state index in [4.69, 9.17) is 40.4 Å². The highest BCUT2D eigenvalue weighted by atomic mass is 16.5. The lowest BCUT2D eigenvalue weighted by Crippen LogP contribution is -2.66. The average molecular weight is 1060 g/mol. The molecule has 18 heteroatoms. The van der Waals surface area contributed by atoms with Gasteiger partial charge in [0, 0.05) is 35.6 Å². The Morgan fingerprint density at radius 3 is 1.18 bits per heavy atom. The molecule has 0 aliphatic rings. The van der Waals surface area contributed by atoms with Crippen LogP contribution >= 0.6 is 0 Å². The molecule has 0 bridgehead atoms. The Morgan fingerprint density at radius 2 is 0.859 bits per heavy atom. The highest BCUT2D eigenvalue weighted by Gasteiger charge is 2.49. The molecule has 0 aliphatic heterocycles. The second-order valence-corrected chi connectivity index (χ2v) is 18.6. The Bertz CT molecular complexity index is 2800. The van der Waals surface area contributed by atoms with Crippen LogP contribution in [0.5, 0.6) is 0 Å². The van der Waals surface area contributed by atoms with Crippen LogP contribution < -0.4 is 22.1 Å². The number of ether oxygens (including phenoxy) is 4. The van der Waals surface area contributed by atoms with Crippen molar-refractivity contribution in [1.82, 2.24) is 30.4 Å². The Labute approximate surface area is 455 Å². The maximum absolute atomic E-state index is 14.6. The van der Waals surface area contributed by atoms with Crippen molar-refractivity contribution in [2.75, 3.05) is 52.0 Å². The van der Waals surface area contributed by atoms with Crippen LogP contribution in [0.25, 0.3) is 33.6 Å². The Hall–Kier alpha value is -8.48. The summed E-state index contributed by atoms with van der Waals surface area (Å²) < 4.78 is 21.9. The molecule has 0 saturated heterocycles. The van der Waals surface area contributed by atoms with Crippen molar-refractivity contribution >= 4 is 47.1 Å². The largest absolute Gasteiger partial charge is 0.468 e. The first-order valence-corrected chi connectivity index (χ1v) is 26.1. The number of benzene rings is 4. The number of hydrogen-bond acceptors (Lipinski definition) is 16. The van der Waals surface area contributed by atoms with E-state index in [9.17, 15) is 28.8 Å². The van der Waals surface area contributed by atoms with Gasteiger partial charge in [0.1, 0.15) is 0 Å². The Morgan fingerprint density at radius 1 is 0.500 bits per heavy atom. The van der Waals surface area contributed by atoms with Crippen LogP contribution in [0.2, 0.25) is 0 Å². The van der Waals surface area contributed by atoms with Crippen LogP contribution in [-0.2, 0) is 51.2 Å². The predicted octanol–water partition coefficient (Wildman–Crippen LogP) is 8.35. The number of esters is 4. The summed E-state index contributed by atoms with van der Waals surface area (Å²) in [5.41, 5.74) is 13.9. The number of unbranched alkanes of at least 4 members (excludes halogenated alkanes) is 2. The van der Waals surface area contributed by atoms with Crippen LogP contribution in [0.1, 0.15) is 98.3 Å². The second-order valence-electron chi connectivity index (χ2n) is 18.6. The van der Waals surface area contributed by atoms with Crippen molar-refractivity contribution in [2.24, 2.45) is 0 Å². The lowest BCUT2D eigenvalue weighted by atomic mass is 9.97. The molecule has 2 unspecified atom stereocenters. The van der Waals surface area contributed by atoms with Crippen LogP contribution in [0.4, 0.5) is 11.4 Å². The number of anilines is 2. The number of pyridine rings is 2. The summed E-state index contributed by atoms with van der Waals surface area (Å²) in [7, 11) is 2.48. The topological polar surface area (TPSA) is 248 Å². The first kappa shape index (κ1) is 58.8. The van der Waals surface area contributed by atoms with Crippen LogP contribution in [0.15, 0.2) is 133 Å². The fourth-order valence-electron chi connectivity index (χ4n) is 9.00. The fourth-order valence-corrected chi connectivity index (χ4v) is 9.00. The molecule has 0 fully saturated rings. The smallest absolute Gasteiger partial charge is 0.347 e. The lowest BCUT2D eigenvalue weighted by molar-refractivity contribution is -0.165. The predicted molar refractivity (Wildman–Crippen MR) is 298 cm³/mol. The van der Waals surface area contributed by atoms with Gasteiger partial charge in [-0.25, -0.2) is 19.6 Å². The summed E-state index contributed by atoms with van der Waals surface area (Å²) in [6.45, 7) is 5.82. The van der Waals surface area contributed by atoms with Crippen molar-refractivity contribution < 1.29 is 47.7 Å². The highest BCUT2D eigenvalue weighted by molar-refractivity contribution is 5.99. The van der Waals surface area contributed by atoms with Gasteiger partial charge in [0.25, 0.3) is 11.8 Å². The van der Waals surface area contributed by atoms with Crippen molar-refractivity contribution in [3.63, 3.8) is 0 Å². The molecular formula is C60H70N8O10. The maximum Gasteiger partial charge on any atom is 0.347 e. The lowest BCUT2D eigenvalue weighted by Gasteiger charge is -2.41. The average Bonchev–Trinajstić information content (AvgIpc) is 3.46. The second kappa shape index (κ2) is 28.1. The van der Waals surface area contributed by atoms with Gasteiger partial charge < -0.3 is 41.0 Å². The molecule has 6 rings (SSSR count). The maximum atomic E-state index is 14.6. The summed E-state index contributed by atoms with van der Waals surface area (Å²) in [4.78, 5) is 98.4. The summed E-state index contributed by atoms with van der Waals surface area (Å²) in [5.74, 6) is -4.17. The molecule has 6 aromatic rings. The molecule has 6 N–H and O–H groups in total. The Kier molecular flexibility index (Phi) is 21.1. The van der Waals surface area contributed by atoms with Gasteiger partial charge in [-0.05, 0) is 135 Å². The summed E-state index contributed by atoms with van der Waals surface area (Å²) in [5, 5.41) is 5.97. The molecule has 18 nitrogen and oxygen atoms in total. The van der Waals surface area contributed by atoms with Gasteiger partial charge in [-0.2, -0.15) is 0 Å². The molecule has 410 valence electrons. The molecule has 2 atom stereocenters. The van der Waals surface area contributed by atoms with Gasteiger partial charge in [0.2, 0.25) is 0 Å². The third kappa shape index (κ3) is 14.9. The minimum atomic E-state index is -1.92. The number of nitrogens with one attached hydrogen (secondary N) is 2. The number of nitrogen functional groups attached to an aromatic ring is 2. The number of nitrogens with two attached hydrogens (primary N) is 2. The van der Waals surface area contributed by atoms with E-state index < -0.39 is 60.1 Å². The number of nitrogens with zero attached hydrogens (tertiary/aromatic N) is 4. The molecular weight excluding hydrogens is 993 g/mol. The van der Waals surface area contributed by atoms with Crippen molar-refractivity contribution in [3.8, 4) is 33.6 Å². The van der Waals surface area contributed by atoms with Gasteiger partial charge >= 0.3 is 23.9 Å². The number of carbonyl (C=O) groups is 6. The van der Waals surface area contributed by atoms with Gasteiger partial charge in [-0.1, -0.05) is 87.4 Å². The van der Waals surface area contributed by atoms with E-state index >= 15 is 0 Å². The molecule has 4 aromatic carbocycles. The van der Waals surface area contributed by atoms with Crippen molar-refractivity contribution in [2.45, 2.75) is 90.6 Å². The molecule has 0 radical (unpaired) electrons. The first-order valence-electron chi connectivity index (χ1n) is 26.1. The molecule has 2 amide bonds. The van der Waals surface area contributed by atoms with Crippen LogP contribution in [0.3, 0.4) is 0 Å². The van der Waals surface area contributed by atoms with E-state index in [-0.39, 0.29) is 50.3 Å². The zero-order valence-electron chi connectivity index (χ0n) is 45.2. The third-order valence-electron chi connectivity index (χ3n) is 13.1. The molecule has 0 saturated carbocycles. The molecule has 0 spiro atoms. The standard InChI is InChI=1S/C60H70N8O10/c1-7-11-31-59(57(73)77-9-3,65-55(71)43-23-27-47(61)28-24-43)67(39-53(69)75-5)37-49-33-45(41-19-15-13-16-20-41)35-51(63-49)52-36-46(42-21-17-14-18-22-42)34-50(64-52)38-68(40-54(70)76-6)60(32-12-8-2,58(74)78-10-4)66-56(72)44-25-29-48(62)30-26-44/h13-30,33-36H,7-12,31-32,37-40,61-62H2,1-6H3,(H,65,71)(H,66,72). The van der Waals surface area contributed by atoms with Crippen molar-refractivity contribution in [1.29, 1.82) is 0 Å². The van der Waals surface area contributed by atoms with E-state index in [1.165, 1.54) is 24.0 Å². The summed E-state index contributed by atoms with van der Waals surface area (Å²) >= 11 is 0. The minimum Gasteiger partial charge on any atom is -0.468 e. The number of carbonyl (C=O) groups excluding carboxylic acids is 6. The van der Waals surface area contributed by atoms with Crippen molar-refractivity contribution in [3.05, 3.63) is 156 Å². The van der Waals surface area contributed by atoms with Gasteiger partial charge in [0.05, 0.1) is 63.3 Å². The fraction of sp³-hybridized carbons (Fsp3) is 0.333. The number of hydrogen-bond donors (Lipinski definition) is 4. The quantitative estimate of drug-likeness (QED) is 0.0164. The highest BCUT2D eigenvalue weighted by Crippen LogP contribution is 2.33. The monoisotopic (exact) mass is 1060 g/mol. The zero-order valence-corrected chi connectivity index (χ0v) is 45.2. The van der Waals surface area contributed by atoms with Crippen LogP contribution in [-0.4, -0.2) is 107 Å². The van der Waals surface area contributed by atoms with E-state index in [0.29, 0.717) is 71.0 Å². The molecule has 2 aromatic heterocycles. The Balaban J connectivity index is 1.59. The van der Waals surface area contributed by atoms with Gasteiger partial charge in [-0.15, -0.1) is 0 Å². The van der Waals surface area contributed by atoms with E-state index in [1.54, 1.807) is 62.4 Å². The van der Waals surface area contributed by atoms with Crippen LogP contribution in [0, 0.1) is 0 Å². The van der Waals surface area contributed by atoms with Gasteiger partial charge in [0.15, 0.2) is 11.3 Å². The number of methoxy groups -OCH3 is 2. The van der Waals surface area contributed by atoms with E-state index in [0.717, 1.165) is 11.1 Å². The molecule has 2 heterocycles. The summed E-state index contributed by atoms with van der Waals surface area (Å²) in [6, 6.07) is 39.0. The number of aromatic nitrogens is 2. The van der Waals surface area contributed by atoms with Gasteiger partial charge in [-0.3, -0.25) is 29.0 Å². The number of amides is 2. The number of rotatable bonds is 27. The first-order chi connectivity index (χ1) is 37.6. The third-order valence-corrected chi connectivity index (χ3v) is 13.1. The minimum absolute atomic E-state index is 0.0281. The normalized spacial score (nSPS) is 12.7. The molecule has 78 heavy (non-hydrogen) atoms. The molecule has 0 aliphatic carbocycles. The SMILES string of the molecule is CCCCC(NC(=O)c1ccc(N)cc1)(C(=O)OCC)N(CC(=O)OC)Cc1cc(-c2ccccc2)cc(-c2cc(-c3ccccc3)cc(CN(CC(=O)OC)C(CCCC)(NC(=O)c3ccc(N)cc3)C(=O)OCC)n2)n1. The van der Waals surface area contributed by atoms with E-state index in [2.05, 4.69) is 10.6 Å². The van der Waals surface area contributed by atoms with E-state index in [1.807, 2.05) is 98.8 Å².